The summed E-state index contributed by atoms with van der Waals surface area (Å²) in [4.78, 5) is 0. The fraction of sp³-hybridized carbons (Fsp3) is 1.00. The second-order valence-corrected chi connectivity index (χ2v) is 5.34. The lowest BCUT2D eigenvalue weighted by Gasteiger charge is -2.21. The van der Waals surface area contributed by atoms with Crippen molar-refractivity contribution in [3.05, 3.63) is 0 Å². The molecule has 1 unspecified atom stereocenters. The van der Waals surface area contributed by atoms with Crippen molar-refractivity contribution >= 4 is 10.1 Å². The molecule has 0 rings (SSSR count). The molecule has 92 valence electrons. The third-order valence-corrected chi connectivity index (χ3v) is 3.32. The average Bonchev–Trinajstić information content (AvgIpc) is 2.15. The molecule has 0 aliphatic heterocycles. The van der Waals surface area contributed by atoms with Crippen LogP contribution in [0.4, 0.5) is 0 Å². The van der Waals surface area contributed by atoms with Gasteiger partial charge >= 0.3 is 0 Å². The highest BCUT2D eigenvalue weighted by Gasteiger charge is 2.13. The molecule has 0 heterocycles. The minimum Gasteiger partial charge on any atom is -0.395 e. The summed E-state index contributed by atoms with van der Waals surface area (Å²) >= 11 is 0. The molecular weight excluding hydrogens is 218 g/mol. The van der Waals surface area contributed by atoms with E-state index in [1.165, 1.54) is 0 Å². The minimum absolute atomic E-state index is 0.00334. The molecule has 0 amide bonds. The molecule has 0 aliphatic carbocycles. The van der Waals surface area contributed by atoms with Crippen molar-refractivity contribution < 1.29 is 18.1 Å². The lowest BCUT2D eigenvalue weighted by atomic mass is 10.00. The second kappa shape index (κ2) is 7.16. The topological polar surface area (TPSA) is 86.6 Å². The van der Waals surface area contributed by atoms with Gasteiger partial charge in [-0.25, -0.2) is 0 Å². The Labute approximate surface area is 91.6 Å². The van der Waals surface area contributed by atoms with Crippen LogP contribution in [0.1, 0.15) is 26.7 Å². The van der Waals surface area contributed by atoms with Crippen molar-refractivity contribution in [3.8, 4) is 0 Å². The lowest BCUT2D eigenvalue weighted by molar-refractivity contribution is 0.202. The van der Waals surface area contributed by atoms with Crippen LogP contribution >= 0.6 is 0 Å². The van der Waals surface area contributed by atoms with E-state index in [0.29, 0.717) is 18.9 Å². The molecule has 2 atom stereocenters. The monoisotopic (exact) mass is 239 g/mol. The molecular formula is C9H21NO4S. The maximum Gasteiger partial charge on any atom is 0.264 e. The largest absolute Gasteiger partial charge is 0.395 e. The van der Waals surface area contributed by atoms with Crippen LogP contribution in [0.15, 0.2) is 0 Å². The normalized spacial score (nSPS) is 16.3. The summed E-state index contributed by atoms with van der Waals surface area (Å²) in [7, 11) is -3.86. The van der Waals surface area contributed by atoms with Crippen LogP contribution in [0.2, 0.25) is 0 Å². The third kappa shape index (κ3) is 7.72. The molecule has 0 saturated heterocycles. The molecule has 0 spiro atoms. The maximum absolute atomic E-state index is 10.4. The highest BCUT2D eigenvalue weighted by Crippen LogP contribution is 2.06. The first kappa shape index (κ1) is 14.8. The summed E-state index contributed by atoms with van der Waals surface area (Å²) in [6.45, 7) is 4.58. The molecule has 0 bridgehead atoms. The number of nitrogens with one attached hydrogen (secondary N) is 1. The van der Waals surface area contributed by atoms with Crippen LogP contribution in [0.5, 0.6) is 0 Å². The summed E-state index contributed by atoms with van der Waals surface area (Å²) < 4.78 is 29.3. The molecule has 0 saturated carbocycles. The van der Waals surface area contributed by atoms with Crippen LogP contribution in [0.25, 0.3) is 0 Å². The zero-order valence-corrected chi connectivity index (χ0v) is 10.1. The van der Waals surface area contributed by atoms with Crippen molar-refractivity contribution in [2.24, 2.45) is 5.92 Å². The standard InChI is InChI=1S/C9H21NO4S/c1-3-8(2)9(7-11)10-5-4-6-15(12,13)14/h8-11H,3-7H2,1-2H3,(H,12,13,14)/t8?,9-/m1/s1. The lowest BCUT2D eigenvalue weighted by Crippen LogP contribution is -2.38. The van der Waals surface area contributed by atoms with E-state index in [1.54, 1.807) is 0 Å². The van der Waals surface area contributed by atoms with E-state index in [-0.39, 0.29) is 18.4 Å². The zero-order chi connectivity index (χ0) is 11.9. The fourth-order valence-electron chi connectivity index (χ4n) is 1.27. The van der Waals surface area contributed by atoms with E-state index >= 15 is 0 Å². The van der Waals surface area contributed by atoms with Gasteiger partial charge in [-0.3, -0.25) is 4.55 Å². The van der Waals surface area contributed by atoms with E-state index in [2.05, 4.69) is 5.32 Å². The summed E-state index contributed by atoms with van der Waals surface area (Å²) in [5.41, 5.74) is 0. The number of aliphatic hydroxyl groups is 1. The average molecular weight is 239 g/mol. The van der Waals surface area contributed by atoms with Crippen molar-refractivity contribution in [1.29, 1.82) is 0 Å². The van der Waals surface area contributed by atoms with Gasteiger partial charge in [-0.2, -0.15) is 8.42 Å². The van der Waals surface area contributed by atoms with Gasteiger partial charge in [0.05, 0.1) is 12.4 Å². The highest BCUT2D eigenvalue weighted by atomic mass is 32.2. The molecule has 15 heavy (non-hydrogen) atoms. The van der Waals surface area contributed by atoms with E-state index in [1.807, 2.05) is 13.8 Å². The maximum atomic E-state index is 10.4. The van der Waals surface area contributed by atoms with Gasteiger partial charge in [0.1, 0.15) is 0 Å². The number of hydrogen-bond acceptors (Lipinski definition) is 4. The summed E-state index contributed by atoms with van der Waals surface area (Å²) in [6.07, 6.45) is 1.31. The molecule has 5 nitrogen and oxygen atoms in total. The first-order valence-corrected chi connectivity index (χ1v) is 6.81. The van der Waals surface area contributed by atoms with E-state index in [9.17, 15) is 8.42 Å². The predicted octanol–water partition coefficient (Wildman–Crippen LogP) is 0.261. The zero-order valence-electron chi connectivity index (χ0n) is 9.31. The van der Waals surface area contributed by atoms with Gasteiger partial charge in [0.15, 0.2) is 0 Å². The summed E-state index contributed by atoms with van der Waals surface area (Å²) in [5, 5.41) is 12.1. The van der Waals surface area contributed by atoms with Gasteiger partial charge in [-0.1, -0.05) is 20.3 Å². The second-order valence-electron chi connectivity index (χ2n) is 3.77. The molecule has 0 aromatic heterocycles. The molecule has 0 aromatic carbocycles. The summed E-state index contributed by atoms with van der Waals surface area (Å²) in [5.74, 6) is 0.110. The smallest absolute Gasteiger partial charge is 0.264 e. The van der Waals surface area contributed by atoms with E-state index in [0.717, 1.165) is 6.42 Å². The van der Waals surface area contributed by atoms with Crippen molar-refractivity contribution in [1.82, 2.24) is 5.32 Å². The van der Waals surface area contributed by atoms with Crippen LogP contribution in [-0.4, -0.2) is 43.0 Å². The van der Waals surface area contributed by atoms with Gasteiger partial charge in [-0.15, -0.1) is 0 Å². The number of aliphatic hydroxyl groups excluding tert-OH is 1. The fourth-order valence-corrected chi connectivity index (χ4v) is 1.78. The molecule has 0 aromatic rings. The van der Waals surface area contributed by atoms with Crippen LogP contribution < -0.4 is 5.32 Å². The van der Waals surface area contributed by atoms with Crippen LogP contribution in [0, 0.1) is 5.92 Å². The van der Waals surface area contributed by atoms with Crippen LogP contribution in [0.3, 0.4) is 0 Å². The predicted molar refractivity (Wildman–Crippen MR) is 59.4 cm³/mol. The van der Waals surface area contributed by atoms with Gasteiger partial charge in [0, 0.05) is 6.04 Å². The Morgan fingerprint density at radius 1 is 1.40 bits per heavy atom. The Bertz CT molecular complexity index is 253. The first-order chi connectivity index (χ1) is 6.90. The van der Waals surface area contributed by atoms with Gasteiger partial charge < -0.3 is 10.4 Å². The Morgan fingerprint density at radius 3 is 2.40 bits per heavy atom. The molecule has 6 heteroatoms. The van der Waals surface area contributed by atoms with Crippen molar-refractivity contribution in [3.63, 3.8) is 0 Å². The van der Waals surface area contributed by atoms with Crippen LogP contribution in [-0.2, 0) is 10.1 Å². The SMILES string of the molecule is CCC(C)[C@@H](CO)NCCCS(=O)(=O)O. The van der Waals surface area contributed by atoms with Crippen molar-refractivity contribution in [2.75, 3.05) is 18.9 Å². The quantitative estimate of drug-likeness (QED) is 0.418. The molecule has 0 fully saturated rings. The molecule has 0 aliphatic rings. The highest BCUT2D eigenvalue weighted by molar-refractivity contribution is 7.85. The number of rotatable bonds is 8. The Balaban J connectivity index is 3.73. The number of hydrogen-bond donors (Lipinski definition) is 3. The minimum atomic E-state index is -3.86. The Morgan fingerprint density at radius 2 is 2.00 bits per heavy atom. The first-order valence-electron chi connectivity index (χ1n) is 5.20. The molecule has 3 N–H and O–H groups in total. The van der Waals surface area contributed by atoms with E-state index in [4.69, 9.17) is 9.66 Å². The third-order valence-electron chi connectivity index (χ3n) is 2.51. The van der Waals surface area contributed by atoms with Gasteiger partial charge in [-0.05, 0) is 18.9 Å². The summed E-state index contributed by atoms with van der Waals surface area (Å²) in [6, 6.07) is -0.00334. The Kier molecular flexibility index (Phi) is 7.08. The van der Waals surface area contributed by atoms with Gasteiger partial charge in [0.2, 0.25) is 0 Å². The van der Waals surface area contributed by atoms with Gasteiger partial charge in [0.25, 0.3) is 10.1 Å². The van der Waals surface area contributed by atoms with E-state index < -0.39 is 10.1 Å². The molecule has 0 radical (unpaired) electrons. The van der Waals surface area contributed by atoms with Crippen molar-refractivity contribution in [2.45, 2.75) is 32.7 Å². The Hall–Kier alpha value is -0.170.